The third kappa shape index (κ3) is 8.05. The van der Waals surface area contributed by atoms with E-state index in [9.17, 15) is 44.7 Å². The number of carbonyl (C=O) groups is 4. The summed E-state index contributed by atoms with van der Waals surface area (Å²) < 4.78 is 23.5. The molecule has 1 fully saturated rings. The number of aliphatic hydroxyl groups is 2. The van der Waals surface area contributed by atoms with E-state index < -0.39 is 88.8 Å². The molecule has 6 rings (SSSR count). The number of piperidine rings is 1. The van der Waals surface area contributed by atoms with Gasteiger partial charge in [0.25, 0.3) is 11.7 Å². The number of ketones is 2. The van der Waals surface area contributed by atoms with Crippen LogP contribution >= 0.6 is 0 Å². The fourth-order valence-corrected chi connectivity index (χ4v) is 7.99. The van der Waals surface area contributed by atoms with Crippen LogP contribution in [0.4, 0.5) is 11.4 Å². The quantitative estimate of drug-likeness (QED) is 0.138. The van der Waals surface area contributed by atoms with Crippen LogP contribution in [0.2, 0.25) is 0 Å². The van der Waals surface area contributed by atoms with E-state index in [0.29, 0.717) is 0 Å². The van der Waals surface area contributed by atoms with Gasteiger partial charge in [0.15, 0.2) is 5.75 Å². The summed E-state index contributed by atoms with van der Waals surface area (Å²) in [6.07, 6.45) is 3.72. The van der Waals surface area contributed by atoms with Gasteiger partial charge in [-0.1, -0.05) is 45.9 Å². The highest BCUT2D eigenvalue weighted by Crippen LogP contribution is 2.57. The zero-order valence-corrected chi connectivity index (χ0v) is 33.8. The van der Waals surface area contributed by atoms with Crippen LogP contribution in [0, 0.1) is 30.6 Å². The molecule has 4 aliphatic rings. The van der Waals surface area contributed by atoms with Gasteiger partial charge in [-0.05, 0) is 19.9 Å². The Kier molecular flexibility index (Phi) is 12.7. The second kappa shape index (κ2) is 16.8. The Bertz CT molecular complexity index is 2030. The van der Waals surface area contributed by atoms with Crippen molar-refractivity contribution in [1.29, 1.82) is 0 Å². The first kappa shape index (κ1) is 43.0. The molecule has 6 N–H and O–H groups in total. The van der Waals surface area contributed by atoms with Crippen molar-refractivity contribution in [2.24, 2.45) is 23.7 Å². The van der Waals surface area contributed by atoms with Gasteiger partial charge in [0.05, 0.1) is 35.5 Å². The molecule has 310 valence electrons. The molecular weight excluding hydrogens is 740 g/mol. The predicted molar refractivity (Wildman–Crippen MR) is 210 cm³/mol. The van der Waals surface area contributed by atoms with Crippen molar-refractivity contribution in [3.8, 4) is 23.0 Å². The standard InChI is InChI=1S/C42H54N2O13/c1-19-11-10-12-20(2)41(53)43-31-32(44-16-13-26(46)14-17-44)37(51)28-29(36(31)50)35(49)24(6)39-30(28)40(52)42(8,57-39)55-18-15-27(54-9)21(3)38(56-25(7)45)23(5)34(48)22(4)33(19)47/h10-12,15,18-19,21-23,27,33-34,38,47-51H,13-14,16-17H2,1-9H3,(H,43,53)/b11-10-,18-15?,20-12-/t19-,21+,22+,23+,27-,33-,34+,38+,42-/m0/s1. The number of nitrogens with zero attached hydrogens (tertiary/aromatic N) is 1. The van der Waals surface area contributed by atoms with Crippen LogP contribution in [0.5, 0.6) is 23.0 Å². The molecule has 4 heterocycles. The Hall–Kier alpha value is -5.12. The van der Waals surface area contributed by atoms with Crippen molar-refractivity contribution < 1.29 is 63.7 Å². The number of Topliss-reactive ketones (excluding diaryl/α,β-unsaturated/α-hetero) is 2. The molecule has 2 aromatic rings. The Morgan fingerprint density at radius 3 is 2.18 bits per heavy atom. The van der Waals surface area contributed by atoms with E-state index in [1.54, 1.807) is 44.7 Å². The molecule has 2 aromatic carbocycles. The number of aliphatic hydroxyl groups excluding tert-OH is 2. The van der Waals surface area contributed by atoms with Gasteiger partial charge in [-0.15, -0.1) is 0 Å². The SMILES string of the molecule is CO[C@H]1C=CO[C@@]2(C)Oc3c(C)c(O)c4c(O)c(c(N5CCC(=O)CC5)c(O)c4c3C2=O)NC(=O)/C(C)=C\C=C/[C@H](C)[C@H](O)[C@@H](C)[C@@H](O)[C@@H](C)[C@H](OC(C)=O)[C@@H]1C. The van der Waals surface area contributed by atoms with Crippen molar-refractivity contribution in [2.75, 3.05) is 30.4 Å². The van der Waals surface area contributed by atoms with Crippen molar-refractivity contribution in [1.82, 2.24) is 0 Å². The van der Waals surface area contributed by atoms with Crippen LogP contribution in [-0.4, -0.2) is 99.4 Å². The fraction of sp³-hybridized carbons (Fsp3) is 0.524. The van der Waals surface area contributed by atoms with Crippen molar-refractivity contribution in [3.63, 3.8) is 0 Å². The normalized spacial score (nSPS) is 31.7. The topological polar surface area (TPSA) is 222 Å². The van der Waals surface area contributed by atoms with E-state index in [4.69, 9.17) is 18.9 Å². The van der Waals surface area contributed by atoms with Crippen LogP contribution in [0.15, 0.2) is 36.1 Å². The van der Waals surface area contributed by atoms with Gasteiger partial charge in [-0.3, -0.25) is 19.2 Å². The molecule has 0 aliphatic carbocycles. The second-order valence-electron chi connectivity index (χ2n) is 15.6. The average molecular weight is 795 g/mol. The lowest BCUT2D eigenvalue weighted by Gasteiger charge is -2.38. The highest BCUT2D eigenvalue weighted by Gasteiger charge is 2.50. The van der Waals surface area contributed by atoms with Crippen molar-refractivity contribution in [3.05, 3.63) is 47.3 Å². The van der Waals surface area contributed by atoms with Crippen molar-refractivity contribution >= 4 is 45.6 Å². The van der Waals surface area contributed by atoms with Gasteiger partial charge < -0.3 is 54.7 Å². The Morgan fingerprint density at radius 1 is 0.912 bits per heavy atom. The van der Waals surface area contributed by atoms with Crippen LogP contribution in [-0.2, 0) is 28.6 Å². The molecule has 1 saturated heterocycles. The number of phenolic OH excluding ortho intramolecular Hbond substituents is 3. The lowest BCUT2D eigenvalue weighted by Crippen LogP contribution is -2.46. The van der Waals surface area contributed by atoms with Crippen LogP contribution < -0.4 is 15.0 Å². The number of fused-ring (bicyclic) bond motifs is 14. The number of nitrogens with one attached hydrogen (secondary N) is 1. The molecule has 57 heavy (non-hydrogen) atoms. The molecule has 0 spiro atoms. The number of hydrogen-bond acceptors (Lipinski definition) is 14. The molecule has 15 nitrogen and oxygen atoms in total. The van der Waals surface area contributed by atoms with Crippen LogP contribution in [0.25, 0.3) is 10.8 Å². The third-order valence-electron chi connectivity index (χ3n) is 11.6. The van der Waals surface area contributed by atoms with Gasteiger partial charge in [0, 0.05) is 87.1 Å². The summed E-state index contributed by atoms with van der Waals surface area (Å²) in [6.45, 7) is 12.7. The number of ether oxygens (including phenoxy) is 4. The van der Waals surface area contributed by atoms with E-state index in [0.717, 1.165) is 0 Å². The number of methoxy groups -OCH3 is 1. The number of amides is 1. The van der Waals surface area contributed by atoms with E-state index in [-0.39, 0.29) is 76.3 Å². The lowest BCUT2D eigenvalue weighted by molar-refractivity contribution is -0.160. The maximum atomic E-state index is 14.4. The molecule has 0 aromatic heterocycles. The minimum atomic E-state index is -2.05. The second-order valence-corrected chi connectivity index (χ2v) is 15.6. The number of anilines is 2. The Labute approximate surface area is 331 Å². The summed E-state index contributed by atoms with van der Waals surface area (Å²) in [5.41, 5.74) is -0.299. The van der Waals surface area contributed by atoms with Crippen molar-refractivity contribution in [2.45, 2.75) is 98.4 Å². The molecule has 0 radical (unpaired) electrons. The van der Waals surface area contributed by atoms with Gasteiger partial charge in [-0.2, -0.15) is 0 Å². The minimum absolute atomic E-state index is 0.0126. The molecule has 9 atom stereocenters. The van der Waals surface area contributed by atoms with Crippen LogP contribution in [0.3, 0.4) is 0 Å². The number of carbonyl (C=O) groups excluding carboxylic acids is 4. The maximum absolute atomic E-state index is 14.4. The van der Waals surface area contributed by atoms with Gasteiger partial charge in [-0.25, -0.2) is 0 Å². The number of aromatic hydroxyl groups is 3. The number of hydrogen-bond donors (Lipinski definition) is 6. The zero-order chi connectivity index (χ0) is 42.3. The number of esters is 1. The predicted octanol–water partition coefficient (Wildman–Crippen LogP) is 4.92. The largest absolute Gasteiger partial charge is 0.507 e. The smallest absolute Gasteiger partial charge is 0.312 e. The third-order valence-corrected chi connectivity index (χ3v) is 11.6. The number of benzene rings is 2. The summed E-state index contributed by atoms with van der Waals surface area (Å²) in [5, 5.41) is 60.5. The van der Waals surface area contributed by atoms with E-state index >= 15 is 0 Å². The van der Waals surface area contributed by atoms with E-state index in [2.05, 4.69) is 5.32 Å². The monoisotopic (exact) mass is 794 g/mol. The molecule has 15 heteroatoms. The average Bonchev–Trinajstić information content (AvgIpc) is 3.43. The lowest BCUT2D eigenvalue weighted by atomic mass is 9.78. The zero-order valence-electron chi connectivity index (χ0n) is 33.8. The molecule has 4 aliphatic heterocycles. The summed E-state index contributed by atoms with van der Waals surface area (Å²) in [4.78, 5) is 54.3. The highest BCUT2D eigenvalue weighted by molar-refractivity contribution is 6.23. The first-order chi connectivity index (χ1) is 26.7. The minimum Gasteiger partial charge on any atom is -0.507 e. The molecule has 0 unspecified atom stereocenters. The first-order valence-corrected chi connectivity index (χ1v) is 19.1. The number of allylic oxidation sites excluding steroid dienone is 2. The number of phenols is 3. The first-order valence-electron chi connectivity index (χ1n) is 19.1. The molecule has 0 saturated carbocycles. The van der Waals surface area contributed by atoms with E-state index in [1.807, 2.05) is 0 Å². The highest BCUT2D eigenvalue weighted by atomic mass is 16.7. The van der Waals surface area contributed by atoms with Gasteiger partial charge >= 0.3 is 11.8 Å². The summed E-state index contributed by atoms with van der Waals surface area (Å²) in [6, 6.07) is 0. The summed E-state index contributed by atoms with van der Waals surface area (Å²) in [5.74, 6) is -8.43. The molecular formula is C42H54N2O13. The molecule has 5 bridgehead atoms. The Morgan fingerprint density at radius 2 is 1.56 bits per heavy atom. The maximum Gasteiger partial charge on any atom is 0.312 e. The van der Waals surface area contributed by atoms with Gasteiger partial charge in [0.1, 0.15) is 40.5 Å². The summed E-state index contributed by atoms with van der Waals surface area (Å²) >= 11 is 0. The van der Waals surface area contributed by atoms with E-state index in [1.165, 1.54) is 53.2 Å². The van der Waals surface area contributed by atoms with Gasteiger partial charge in [0.2, 0.25) is 0 Å². The number of rotatable bonds is 3. The van der Waals surface area contributed by atoms with Crippen LogP contribution in [0.1, 0.15) is 77.2 Å². The summed E-state index contributed by atoms with van der Waals surface area (Å²) in [7, 11) is 1.43. The Balaban J connectivity index is 1.72. The fourth-order valence-electron chi connectivity index (χ4n) is 7.99. The molecule has 1 amide bonds.